The fraction of sp³-hybridized carbons (Fsp3) is 0.235. The number of H-pyrrole nitrogens is 1. The normalized spacial score (nSPS) is 15.1. The molecular weight excluding hydrogens is 306 g/mol. The summed E-state index contributed by atoms with van der Waals surface area (Å²) in [6.07, 6.45) is 2.26. The molecule has 2 aromatic heterocycles. The van der Waals surface area contributed by atoms with E-state index in [1.165, 1.54) is 12.5 Å². The van der Waals surface area contributed by atoms with E-state index in [1.54, 1.807) is 4.90 Å². The molecule has 2 N–H and O–H groups in total. The second-order valence-corrected chi connectivity index (χ2v) is 5.79. The summed E-state index contributed by atoms with van der Waals surface area (Å²) < 4.78 is 1.86. The zero-order valence-electron chi connectivity index (χ0n) is 13.0. The summed E-state index contributed by atoms with van der Waals surface area (Å²) in [5.74, 6) is -0.0786. The molecule has 0 spiro atoms. The van der Waals surface area contributed by atoms with Gasteiger partial charge in [-0.3, -0.25) is 9.48 Å². The second kappa shape index (κ2) is 5.93. The number of rotatable bonds is 3. The number of aromatic amines is 1. The fourth-order valence-corrected chi connectivity index (χ4v) is 2.94. The van der Waals surface area contributed by atoms with Crippen molar-refractivity contribution in [2.75, 3.05) is 6.54 Å². The summed E-state index contributed by atoms with van der Waals surface area (Å²) in [7, 11) is 0. The van der Waals surface area contributed by atoms with E-state index in [2.05, 4.69) is 15.1 Å². The van der Waals surface area contributed by atoms with Crippen LogP contribution >= 0.6 is 0 Å². The predicted molar refractivity (Wildman–Crippen MR) is 86.1 cm³/mol. The number of nitrogens with one attached hydrogen (secondary N) is 1. The molecule has 1 aliphatic heterocycles. The van der Waals surface area contributed by atoms with Crippen LogP contribution in [-0.2, 0) is 13.1 Å². The Hall–Kier alpha value is -2.93. The van der Waals surface area contributed by atoms with Crippen molar-refractivity contribution in [2.45, 2.75) is 19.2 Å². The molecule has 7 nitrogen and oxygen atoms in total. The van der Waals surface area contributed by atoms with Gasteiger partial charge in [0.1, 0.15) is 11.8 Å². The number of benzene rings is 1. The zero-order chi connectivity index (χ0) is 16.5. The number of aromatic nitrogens is 4. The van der Waals surface area contributed by atoms with Gasteiger partial charge in [-0.2, -0.15) is 5.10 Å². The molecule has 1 unspecified atom stereocenters. The largest absolute Gasteiger partial charge is 0.382 e. The molecule has 0 aliphatic carbocycles. The van der Waals surface area contributed by atoms with Crippen LogP contribution in [0, 0.1) is 0 Å². The van der Waals surface area contributed by atoms with E-state index in [4.69, 9.17) is 0 Å². The molecule has 0 saturated heterocycles. The minimum Gasteiger partial charge on any atom is -0.382 e. The lowest BCUT2D eigenvalue weighted by atomic mass is 10.1. The van der Waals surface area contributed by atoms with Crippen LogP contribution in [0.5, 0.6) is 0 Å². The van der Waals surface area contributed by atoms with Crippen molar-refractivity contribution in [2.24, 2.45) is 0 Å². The van der Waals surface area contributed by atoms with Gasteiger partial charge in [-0.25, -0.2) is 4.98 Å². The van der Waals surface area contributed by atoms with Crippen LogP contribution in [0.2, 0.25) is 0 Å². The number of amides is 1. The van der Waals surface area contributed by atoms with E-state index in [9.17, 15) is 9.90 Å². The maximum Gasteiger partial charge on any atom is 0.272 e. The van der Waals surface area contributed by atoms with Crippen LogP contribution in [0.3, 0.4) is 0 Å². The minimum absolute atomic E-state index is 0.0786. The van der Waals surface area contributed by atoms with Crippen LogP contribution < -0.4 is 0 Å². The highest BCUT2D eigenvalue weighted by Gasteiger charge is 2.25. The monoisotopic (exact) mass is 323 g/mol. The highest BCUT2D eigenvalue weighted by atomic mass is 16.3. The maximum atomic E-state index is 12.4. The van der Waals surface area contributed by atoms with Crippen LogP contribution in [-0.4, -0.2) is 42.2 Å². The number of aliphatic hydroxyl groups excluding tert-OH is 1. The Bertz CT molecular complexity index is 841. The van der Waals surface area contributed by atoms with E-state index in [-0.39, 0.29) is 5.91 Å². The Balaban J connectivity index is 1.55. The Morgan fingerprint density at radius 1 is 1.25 bits per heavy atom. The zero-order valence-corrected chi connectivity index (χ0v) is 13.0. The summed E-state index contributed by atoms with van der Waals surface area (Å²) in [5, 5.41) is 15.0. The van der Waals surface area contributed by atoms with Crippen LogP contribution in [0.4, 0.5) is 0 Å². The first-order valence-electron chi connectivity index (χ1n) is 7.79. The number of imidazole rings is 1. The summed E-state index contributed by atoms with van der Waals surface area (Å²) >= 11 is 0. The third-order valence-corrected chi connectivity index (χ3v) is 4.23. The fourth-order valence-electron chi connectivity index (χ4n) is 2.94. The van der Waals surface area contributed by atoms with E-state index in [0.717, 1.165) is 11.3 Å². The van der Waals surface area contributed by atoms with E-state index in [1.807, 2.05) is 41.1 Å². The molecule has 122 valence electrons. The number of aliphatic hydroxyl groups is 1. The predicted octanol–water partition coefficient (Wildman–Crippen LogP) is 1.34. The molecule has 1 aliphatic rings. The third kappa shape index (κ3) is 2.59. The molecule has 0 radical (unpaired) electrons. The van der Waals surface area contributed by atoms with E-state index < -0.39 is 6.10 Å². The summed E-state index contributed by atoms with van der Waals surface area (Å²) in [6, 6.07) is 11.3. The van der Waals surface area contributed by atoms with Crippen molar-refractivity contribution in [1.82, 2.24) is 24.6 Å². The first-order chi connectivity index (χ1) is 11.7. The molecule has 1 atom stereocenters. The van der Waals surface area contributed by atoms with Gasteiger partial charge in [-0.05, 0) is 11.6 Å². The number of fused-ring (bicyclic) bond motifs is 1. The van der Waals surface area contributed by atoms with Crippen LogP contribution in [0.15, 0.2) is 48.9 Å². The first kappa shape index (κ1) is 14.6. The lowest BCUT2D eigenvalue weighted by molar-refractivity contribution is 0.0700. The van der Waals surface area contributed by atoms with Gasteiger partial charge in [0.05, 0.1) is 37.0 Å². The van der Waals surface area contributed by atoms with Gasteiger partial charge in [0.2, 0.25) is 0 Å². The quantitative estimate of drug-likeness (QED) is 0.761. The summed E-state index contributed by atoms with van der Waals surface area (Å²) in [4.78, 5) is 20.9. The highest BCUT2D eigenvalue weighted by molar-refractivity contribution is 5.92. The third-order valence-electron chi connectivity index (χ3n) is 4.23. The van der Waals surface area contributed by atoms with Gasteiger partial charge >= 0.3 is 0 Å². The van der Waals surface area contributed by atoms with Crippen molar-refractivity contribution >= 4 is 5.91 Å². The first-order valence-corrected chi connectivity index (χ1v) is 7.79. The average molecular weight is 323 g/mol. The Morgan fingerprint density at radius 2 is 2.08 bits per heavy atom. The average Bonchev–Trinajstić information content (AvgIpc) is 3.30. The van der Waals surface area contributed by atoms with E-state index in [0.29, 0.717) is 31.0 Å². The number of hydrogen-bond acceptors (Lipinski definition) is 4. The number of carbonyl (C=O) groups excluding carboxylic acids is 1. The Labute approximate surface area is 138 Å². The summed E-state index contributed by atoms with van der Waals surface area (Å²) in [5.41, 5.74) is 2.80. The Kier molecular flexibility index (Phi) is 3.62. The molecule has 3 heterocycles. The molecule has 1 aromatic carbocycles. The van der Waals surface area contributed by atoms with Gasteiger partial charge in [-0.1, -0.05) is 30.3 Å². The topological polar surface area (TPSA) is 87.0 Å². The standard InChI is InChI=1S/C17H17N5O2/c23-16(12-4-2-1-3-5-12)14-8-13-10-21(6-7-22(13)20-14)17(24)15-9-18-11-19-15/h1-5,8-9,11,16,23H,6-7,10H2,(H,18,19). The SMILES string of the molecule is O=C(c1cnc[nH]1)N1CCn2nc(C(O)c3ccccc3)cc2C1. The van der Waals surface area contributed by atoms with E-state index >= 15 is 0 Å². The maximum absolute atomic E-state index is 12.4. The highest BCUT2D eigenvalue weighted by Crippen LogP contribution is 2.23. The van der Waals surface area contributed by atoms with Crippen molar-refractivity contribution < 1.29 is 9.90 Å². The number of hydrogen-bond donors (Lipinski definition) is 2. The van der Waals surface area contributed by atoms with Crippen LogP contribution in [0.25, 0.3) is 0 Å². The van der Waals surface area contributed by atoms with Crippen molar-refractivity contribution in [3.05, 3.63) is 71.6 Å². The number of nitrogens with zero attached hydrogens (tertiary/aromatic N) is 4. The molecule has 0 saturated carbocycles. The lowest BCUT2D eigenvalue weighted by Crippen LogP contribution is -2.38. The minimum atomic E-state index is -0.763. The second-order valence-electron chi connectivity index (χ2n) is 5.79. The van der Waals surface area contributed by atoms with Crippen molar-refractivity contribution in [3.8, 4) is 0 Å². The Morgan fingerprint density at radius 3 is 2.83 bits per heavy atom. The van der Waals surface area contributed by atoms with Gasteiger partial charge in [0.25, 0.3) is 5.91 Å². The smallest absolute Gasteiger partial charge is 0.272 e. The van der Waals surface area contributed by atoms with Crippen molar-refractivity contribution in [3.63, 3.8) is 0 Å². The van der Waals surface area contributed by atoms with Gasteiger partial charge in [-0.15, -0.1) is 0 Å². The van der Waals surface area contributed by atoms with Gasteiger partial charge in [0.15, 0.2) is 0 Å². The molecule has 1 amide bonds. The molecule has 0 bridgehead atoms. The van der Waals surface area contributed by atoms with Crippen molar-refractivity contribution in [1.29, 1.82) is 0 Å². The lowest BCUT2D eigenvalue weighted by Gasteiger charge is -2.27. The molecule has 3 aromatic rings. The van der Waals surface area contributed by atoms with Crippen LogP contribution in [0.1, 0.15) is 33.5 Å². The molecule has 7 heteroatoms. The molecule has 24 heavy (non-hydrogen) atoms. The molecule has 0 fully saturated rings. The summed E-state index contributed by atoms with van der Waals surface area (Å²) in [6.45, 7) is 1.65. The molecule has 4 rings (SSSR count). The molecular formula is C17H17N5O2. The number of carbonyl (C=O) groups is 1. The van der Waals surface area contributed by atoms with Gasteiger partial charge < -0.3 is 15.0 Å². The van der Waals surface area contributed by atoms with Gasteiger partial charge in [0, 0.05) is 6.54 Å².